The summed E-state index contributed by atoms with van der Waals surface area (Å²) >= 11 is 1.76. The lowest BCUT2D eigenvalue weighted by Crippen LogP contribution is -1.67. The van der Waals surface area contributed by atoms with E-state index in [2.05, 4.69) is 16.9 Å². The van der Waals surface area contributed by atoms with E-state index in [1.807, 2.05) is 6.20 Å². The van der Waals surface area contributed by atoms with E-state index in [9.17, 15) is 0 Å². The van der Waals surface area contributed by atoms with E-state index < -0.39 is 0 Å². The lowest BCUT2D eigenvalue weighted by molar-refractivity contribution is 1.20. The van der Waals surface area contributed by atoms with E-state index >= 15 is 0 Å². The van der Waals surface area contributed by atoms with Crippen molar-refractivity contribution in [3.05, 3.63) is 12.5 Å². The van der Waals surface area contributed by atoms with Crippen molar-refractivity contribution in [3.63, 3.8) is 0 Å². The Hall–Kier alpha value is -0.440. The zero-order chi connectivity index (χ0) is 5.82. The highest BCUT2D eigenvalue weighted by Gasteiger charge is 1.87. The Morgan fingerprint density at radius 1 is 1.88 bits per heavy atom. The van der Waals surface area contributed by atoms with Gasteiger partial charge in [0.15, 0.2) is 0 Å². The molecule has 2 nitrogen and oxygen atoms in total. The molecule has 1 aromatic heterocycles. The molecule has 1 N–H and O–H groups in total. The number of hydrogen-bond donors (Lipinski definition) is 1. The van der Waals surface area contributed by atoms with Gasteiger partial charge in [0.25, 0.3) is 0 Å². The molecule has 0 saturated carbocycles. The third kappa shape index (κ3) is 1.26. The van der Waals surface area contributed by atoms with Crippen LogP contribution in [0.5, 0.6) is 0 Å². The maximum absolute atomic E-state index is 3.86. The third-order valence-corrected chi connectivity index (χ3v) is 1.60. The molecule has 0 aliphatic carbocycles. The highest BCUT2D eigenvalue weighted by molar-refractivity contribution is 7.99. The second-order valence-electron chi connectivity index (χ2n) is 1.35. The number of rotatable bonds is 2. The number of aromatic amines is 1. The van der Waals surface area contributed by atoms with Crippen molar-refractivity contribution in [3.8, 4) is 0 Å². The largest absolute Gasteiger partial charge is 0.340 e. The van der Waals surface area contributed by atoms with Gasteiger partial charge >= 0.3 is 0 Å². The maximum atomic E-state index is 3.86. The van der Waals surface area contributed by atoms with Crippen LogP contribution in [0.15, 0.2) is 17.6 Å². The molecule has 0 spiro atoms. The molecule has 1 aromatic rings. The Bertz CT molecular complexity index is 136. The monoisotopic (exact) mass is 128 g/mol. The fourth-order valence-corrected chi connectivity index (χ4v) is 1.06. The molecule has 0 aliphatic rings. The zero-order valence-electron chi connectivity index (χ0n) is 4.72. The molecule has 0 amide bonds. The normalized spacial score (nSPS) is 9.62. The number of aromatic nitrogens is 2. The Kier molecular flexibility index (Phi) is 1.97. The van der Waals surface area contributed by atoms with Crippen molar-refractivity contribution in [1.29, 1.82) is 0 Å². The quantitative estimate of drug-likeness (QED) is 0.612. The smallest absolute Gasteiger partial charge is 0.0928 e. The highest BCUT2D eigenvalue weighted by atomic mass is 32.2. The molecule has 0 saturated heterocycles. The molecule has 0 aliphatic heterocycles. The first-order valence-corrected chi connectivity index (χ1v) is 3.53. The summed E-state index contributed by atoms with van der Waals surface area (Å²) < 4.78 is 0. The van der Waals surface area contributed by atoms with E-state index in [4.69, 9.17) is 0 Å². The Morgan fingerprint density at radius 3 is 3.25 bits per heavy atom. The van der Waals surface area contributed by atoms with Crippen LogP contribution in [0.3, 0.4) is 0 Å². The van der Waals surface area contributed by atoms with Crippen LogP contribution in [0.25, 0.3) is 0 Å². The van der Waals surface area contributed by atoms with Gasteiger partial charge in [0.1, 0.15) is 0 Å². The van der Waals surface area contributed by atoms with Crippen molar-refractivity contribution in [2.45, 2.75) is 11.9 Å². The molecule has 3 heteroatoms. The summed E-state index contributed by atoms with van der Waals surface area (Å²) in [7, 11) is 0. The summed E-state index contributed by atoms with van der Waals surface area (Å²) in [5.41, 5.74) is 0. The summed E-state index contributed by atoms with van der Waals surface area (Å²) in [4.78, 5) is 6.85. The second kappa shape index (κ2) is 2.77. The average molecular weight is 128 g/mol. The van der Waals surface area contributed by atoms with Crippen LogP contribution in [-0.4, -0.2) is 15.7 Å². The van der Waals surface area contributed by atoms with Gasteiger partial charge in [-0.2, -0.15) is 0 Å². The van der Waals surface area contributed by atoms with Gasteiger partial charge < -0.3 is 4.98 Å². The predicted molar refractivity (Wildman–Crippen MR) is 35.0 cm³/mol. The molecular weight excluding hydrogens is 120 g/mol. The van der Waals surface area contributed by atoms with Crippen LogP contribution in [0.2, 0.25) is 0 Å². The lowest BCUT2D eigenvalue weighted by atomic mass is 10.9. The maximum Gasteiger partial charge on any atom is 0.0928 e. The minimum Gasteiger partial charge on any atom is -0.340 e. The molecule has 0 aromatic carbocycles. The minimum absolute atomic E-state index is 1.10. The van der Waals surface area contributed by atoms with Crippen LogP contribution in [0, 0.1) is 0 Å². The molecule has 0 atom stereocenters. The van der Waals surface area contributed by atoms with Gasteiger partial charge in [-0.3, -0.25) is 0 Å². The van der Waals surface area contributed by atoms with E-state index in [1.165, 1.54) is 0 Å². The SMILES string of the molecule is CCSc1cnc[nH]1. The van der Waals surface area contributed by atoms with Gasteiger partial charge in [-0.1, -0.05) is 6.92 Å². The molecule has 0 bridgehead atoms. The first-order valence-electron chi connectivity index (χ1n) is 2.54. The number of nitrogens with zero attached hydrogens (tertiary/aromatic N) is 1. The van der Waals surface area contributed by atoms with Gasteiger partial charge in [-0.15, -0.1) is 11.8 Å². The van der Waals surface area contributed by atoms with Gasteiger partial charge in [0.2, 0.25) is 0 Å². The van der Waals surface area contributed by atoms with E-state index in [0.717, 1.165) is 10.8 Å². The fourth-order valence-electron chi connectivity index (χ4n) is 0.478. The second-order valence-corrected chi connectivity index (χ2v) is 2.65. The fraction of sp³-hybridized carbons (Fsp3) is 0.400. The first kappa shape index (κ1) is 5.69. The summed E-state index contributed by atoms with van der Waals surface area (Å²) in [6, 6.07) is 0. The van der Waals surface area contributed by atoms with Gasteiger partial charge in [-0.05, 0) is 5.75 Å². The van der Waals surface area contributed by atoms with Crippen molar-refractivity contribution in [2.24, 2.45) is 0 Å². The highest BCUT2D eigenvalue weighted by Crippen LogP contribution is 2.11. The van der Waals surface area contributed by atoms with E-state index in [0.29, 0.717) is 0 Å². The van der Waals surface area contributed by atoms with Crippen LogP contribution in [-0.2, 0) is 0 Å². The molecule has 0 fully saturated rings. The Morgan fingerprint density at radius 2 is 2.75 bits per heavy atom. The number of thioether (sulfide) groups is 1. The van der Waals surface area contributed by atoms with Crippen LogP contribution < -0.4 is 0 Å². The molecule has 0 unspecified atom stereocenters. The molecule has 1 heterocycles. The van der Waals surface area contributed by atoms with Crippen molar-refractivity contribution in [2.75, 3.05) is 5.75 Å². The number of hydrogen-bond acceptors (Lipinski definition) is 2. The van der Waals surface area contributed by atoms with Crippen molar-refractivity contribution in [1.82, 2.24) is 9.97 Å². The topological polar surface area (TPSA) is 28.7 Å². The molecule has 8 heavy (non-hydrogen) atoms. The molecule has 44 valence electrons. The van der Waals surface area contributed by atoms with Crippen LogP contribution >= 0.6 is 11.8 Å². The first-order chi connectivity index (χ1) is 3.93. The van der Waals surface area contributed by atoms with Crippen molar-refractivity contribution >= 4 is 11.8 Å². The van der Waals surface area contributed by atoms with E-state index in [1.54, 1.807) is 18.1 Å². The van der Waals surface area contributed by atoms with Gasteiger partial charge in [0.05, 0.1) is 17.6 Å². The molecule has 0 radical (unpaired) electrons. The summed E-state index contributed by atoms with van der Waals surface area (Å²) in [5.74, 6) is 1.10. The number of nitrogens with one attached hydrogen (secondary N) is 1. The summed E-state index contributed by atoms with van der Waals surface area (Å²) in [6.45, 7) is 2.12. The Labute approximate surface area is 52.7 Å². The Balaban J connectivity index is 2.50. The molecule has 1 rings (SSSR count). The van der Waals surface area contributed by atoms with Crippen LogP contribution in [0.4, 0.5) is 0 Å². The lowest BCUT2D eigenvalue weighted by Gasteiger charge is -1.86. The number of imidazole rings is 1. The average Bonchev–Trinajstić information content (AvgIpc) is 2.19. The minimum atomic E-state index is 1.10. The van der Waals surface area contributed by atoms with Gasteiger partial charge in [-0.25, -0.2) is 4.98 Å². The van der Waals surface area contributed by atoms with Crippen molar-refractivity contribution < 1.29 is 0 Å². The summed E-state index contributed by atoms with van der Waals surface area (Å²) in [5, 5.41) is 1.15. The predicted octanol–water partition coefficient (Wildman–Crippen LogP) is 1.52. The summed E-state index contributed by atoms with van der Waals surface area (Å²) in [6.07, 6.45) is 3.52. The number of H-pyrrole nitrogens is 1. The molecular formula is C5H8N2S. The zero-order valence-corrected chi connectivity index (χ0v) is 5.53. The van der Waals surface area contributed by atoms with Gasteiger partial charge in [0, 0.05) is 0 Å². The van der Waals surface area contributed by atoms with E-state index in [-0.39, 0.29) is 0 Å². The standard InChI is InChI=1S/C5H8N2S/c1-2-8-5-3-6-4-7-5/h3-4H,2H2,1H3,(H,6,7). The van der Waals surface area contributed by atoms with Crippen LogP contribution in [0.1, 0.15) is 6.92 Å². The third-order valence-electron chi connectivity index (χ3n) is 0.773.